The molecule has 0 saturated heterocycles. The maximum absolute atomic E-state index is 15.4. The van der Waals surface area contributed by atoms with Gasteiger partial charge in [-0.1, -0.05) is 45.9 Å². The summed E-state index contributed by atoms with van der Waals surface area (Å²) >= 11 is 0. The van der Waals surface area contributed by atoms with E-state index in [1.807, 2.05) is 49.9 Å². The molecule has 0 fully saturated rings. The SMILES string of the molecule is Cc1ccnc(Oc2ccc(-c3c(-c4ccc(C#C[Si](C)(C)C(C)(C)C)nc4)n(C)c4ncnc(C)c34)cc2F)n1. The van der Waals surface area contributed by atoms with Crippen LogP contribution in [0.2, 0.25) is 18.1 Å². The molecule has 5 aromatic rings. The van der Waals surface area contributed by atoms with Crippen LogP contribution in [0.1, 0.15) is 37.9 Å². The van der Waals surface area contributed by atoms with Gasteiger partial charge in [0.05, 0.1) is 11.4 Å². The first-order valence-corrected chi connectivity index (χ1v) is 16.4. The van der Waals surface area contributed by atoms with Gasteiger partial charge in [0.2, 0.25) is 0 Å². The Hall–Kier alpha value is -4.42. The third-order valence-electron chi connectivity index (χ3n) is 7.77. The van der Waals surface area contributed by atoms with E-state index in [-0.39, 0.29) is 16.8 Å². The Bertz CT molecular complexity index is 1830. The van der Waals surface area contributed by atoms with Crippen LogP contribution < -0.4 is 4.74 Å². The highest BCUT2D eigenvalue weighted by Crippen LogP contribution is 2.42. The highest BCUT2D eigenvalue weighted by Gasteiger charge is 2.33. The summed E-state index contributed by atoms with van der Waals surface area (Å²) in [6.07, 6.45) is 4.94. The number of hydrogen-bond donors (Lipinski definition) is 0. The van der Waals surface area contributed by atoms with E-state index in [2.05, 4.69) is 70.2 Å². The highest BCUT2D eigenvalue weighted by atomic mass is 28.3. The molecule has 0 aliphatic carbocycles. The van der Waals surface area contributed by atoms with Crippen LogP contribution >= 0.6 is 0 Å². The van der Waals surface area contributed by atoms with Crippen molar-refractivity contribution in [2.75, 3.05) is 0 Å². The van der Waals surface area contributed by atoms with Crippen LogP contribution in [0.15, 0.2) is 55.1 Å². The maximum atomic E-state index is 15.4. The van der Waals surface area contributed by atoms with Crippen molar-refractivity contribution in [3.8, 4) is 45.6 Å². The highest BCUT2D eigenvalue weighted by molar-refractivity contribution is 6.87. The number of halogens is 1. The van der Waals surface area contributed by atoms with Crippen molar-refractivity contribution in [1.82, 2.24) is 29.5 Å². The molecule has 0 saturated carbocycles. The van der Waals surface area contributed by atoms with E-state index in [4.69, 9.17) is 4.74 Å². The second-order valence-corrected chi connectivity index (χ2v) is 16.7. The lowest BCUT2D eigenvalue weighted by molar-refractivity contribution is 0.410. The lowest BCUT2D eigenvalue weighted by Crippen LogP contribution is -2.35. The summed E-state index contributed by atoms with van der Waals surface area (Å²) in [6.45, 7) is 15.0. The van der Waals surface area contributed by atoms with Gasteiger partial charge in [0.25, 0.3) is 0 Å². The minimum Gasteiger partial charge on any atom is -0.421 e. The van der Waals surface area contributed by atoms with Gasteiger partial charge in [-0.2, -0.15) is 0 Å². The average molecular weight is 565 g/mol. The molecule has 0 bridgehead atoms. The molecule has 7 nitrogen and oxygen atoms in total. The Morgan fingerprint density at radius 3 is 2.37 bits per heavy atom. The van der Waals surface area contributed by atoms with E-state index in [0.29, 0.717) is 5.56 Å². The molecule has 0 aliphatic rings. The quantitative estimate of drug-likeness (QED) is 0.167. The molecule has 0 amide bonds. The van der Waals surface area contributed by atoms with Gasteiger partial charge >= 0.3 is 6.01 Å². The summed E-state index contributed by atoms with van der Waals surface area (Å²) in [5, 5.41) is 1.02. The molecule has 4 aromatic heterocycles. The molecule has 0 aliphatic heterocycles. The van der Waals surface area contributed by atoms with Crippen LogP contribution in [-0.4, -0.2) is 37.6 Å². The Morgan fingerprint density at radius 1 is 0.951 bits per heavy atom. The molecule has 9 heteroatoms. The molecular weight excluding hydrogens is 531 g/mol. The second-order valence-electron chi connectivity index (χ2n) is 11.7. The third-order valence-corrected chi connectivity index (χ3v) is 12.3. The smallest absolute Gasteiger partial charge is 0.322 e. The number of aryl methyl sites for hydroxylation is 3. The van der Waals surface area contributed by atoms with E-state index >= 15 is 4.39 Å². The van der Waals surface area contributed by atoms with Crippen LogP contribution in [0.4, 0.5) is 4.39 Å². The van der Waals surface area contributed by atoms with Gasteiger partial charge in [0.15, 0.2) is 11.6 Å². The molecule has 5 rings (SSSR count). The van der Waals surface area contributed by atoms with Gasteiger partial charge in [-0.3, -0.25) is 0 Å². The normalized spacial score (nSPS) is 11.8. The van der Waals surface area contributed by atoms with Crippen molar-refractivity contribution in [1.29, 1.82) is 0 Å². The van der Waals surface area contributed by atoms with Crippen molar-refractivity contribution in [2.45, 2.75) is 52.8 Å². The number of fused-ring (bicyclic) bond motifs is 1. The fourth-order valence-corrected chi connectivity index (χ4v) is 5.16. The largest absolute Gasteiger partial charge is 0.421 e. The number of hydrogen-bond acceptors (Lipinski definition) is 6. The molecule has 0 N–H and O–H groups in total. The zero-order chi connectivity index (χ0) is 29.5. The minimum atomic E-state index is -1.77. The lowest BCUT2D eigenvalue weighted by Gasteiger charge is -2.31. The molecule has 0 unspecified atom stereocenters. The zero-order valence-corrected chi connectivity index (χ0v) is 25.7. The summed E-state index contributed by atoms with van der Waals surface area (Å²) in [6, 6.07) is 10.7. The van der Waals surface area contributed by atoms with Crippen LogP contribution in [0.5, 0.6) is 11.8 Å². The summed E-state index contributed by atoms with van der Waals surface area (Å²) in [4.78, 5) is 22.0. The monoisotopic (exact) mass is 564 g/mol. The third kappa shape index (κ3) is 5.48. The summed E-state index contributed by atoms with van der Waals surface area (Å²) in [5.74, 6) is 2.82. The van der Waals surface area contributed by atoms with Gasteiger partial charge in [-0.15, -0.1) is 5.54 Å². The first-order valence-electron chi connectivity index (χ1n) is 13.4. The number of benzene rings is 1. The van der Waals surface area contributed by atoms with E-state index in [1.165, 1.54) is 6.07 Å². The van der Waals surface area contributed by atoms with Crippen molar-refractivity contribution in [2.24, 2.45) is 7.05 Å². The Balaban J connectivity index is 1.60. The standard InChI is InChI=1S/C32H33FN6OSi/c1-20-13-15-34-31(38-20)40-26-12-10-22(17-25(26)33)28-27-21(2)36-19-37-30(27)39(6)29(28)23-9-11-24(35-18-23)14-16-41(7,8)32(3,4)5/h9-13,15,17-19H,1-8H3. The molecule has 1 aromatic carbocycles. The predicted molar refractivity (Wildman–Crippen MR) is 163 cm³/mol. The Labute approximate surface area is 240 Å². The number of pyridine rings is 1. The number of nitrogens with zero attached hydrogens (tertiary/aromatic N) is 6. The minimum absolute atomic E-state index is 0.0421. The van der Waals surface area contributed by atoms with Gasteiger partial charge < -0.3 is 9.30 Å². The topological polar surface area (TPSA) is 78.6 Å². The fourth-order valence-electron chi connectivity index (χ4n) is 4.35. The lowest BCUT2D eigenvalue weighted by atomic mass is 9.98. The average Bonchev–Trinajstić information content (AvgIpc) is 3.22. The van der Waals surface area contributed by atoms with E-state index < -0.39 is 13.9 Å². The summed E-state index contributed by atoms with van der Waals surface area (Å²) in [7, 11) is 0.178. The number of aromatic nitrogens is 6. The van der Waals surface area contributed by atoms with E-state index in [1.54, 1.807) is 24.7 Å². The Morgan fingerprint density at radius 2 is 1.71 bits per heavy atom. The van der Waals surface area contributed by atoms with Gasteiger partial charge in [0.1, 0.15) is 25.7 Å². The maximum Gasteiger partial charge on any atom is 0.322 e. The van der Waals surface area contributed by atoms with Crippen molar-refractivity contribution < 1.29 is 9.13 Å². The van der Waals surface area contributed by atoms with Crippen LogP contribution in [-0.2, 0) is 7.05 Å². The molecule has 0 atom stereocenters. The van der Waals surface area contributed by atoms with E-state index in [0.717, 1.165) is 44.9 Å². The number of ether oxygens (including phenoxy) is 1. The van der Waals surface area contributed by atoms with Crippen LogP contribution in [0.25, 0.3) is 33.4 Å². The fraction of sp³-hybridized carbons (Fsp3) is 0.281. The molecule has 4 heterocycles. The molecule has 41 heavy (non-hydrogen) atoms. The molecule has 208 valence electrons. The molecule has 0 radical (unpaired) electrons. The van der Waals surface area contributed by atoms with Crippen molar-refractivity contribution in [3.05, 3.63) is 78.0 Å². The van der Waals surface area contributed by atoms with Crippen LogP contribution in [0.3, 0.4) is 0 Å². The van der Waals surface area contributed by atoms with Gasteiger partial charge in [-0.25, -0.2) is 29.3 Å². The first kappa shape index (κ1) is 28.1. The second kappa shape index (κ2) is 10.5. The van der Waals surface area contributed by atoms with Gasteiger partial charge in [-0.05, 0) is 54.8 Å². The number of rotatable bonds is 4. The van der Waals surface area contributed by atoms with E-state index in [9.17, 15) is 0 Å². The Kier molecular flexibility index (Phi) is 7.22. The summed E-state index contributed by atoms with van der Waals surface area (Å²) < 4.78 is 23.1. The molecule has 0 spiro atoms. The summed E-state index contributed by atoms with van der Waals surface area (Å²) in [5.41, 5.74) is 9.73. The zero-order valence-electron chi connectivity index (χ0n) is 24.7. The van der Waals surface area contributed by atoms with Crippen LogP contribution in [0, 0.1) is 31.1 Å². The molecular formula is C32H33FN6OSi. The van der Waals surface area contributed by atoms with Crippen molar-refractivity contribution >= 4 is 19.1 Å². The van der Waals surface area contributed by atoms with Crippen molar-refractivity contribution in [3.63, 3.8) is 0 Å². The predicted octanol–water partition coefficient (Wildman–Crippen LogP) is 7.43. The first-order chi connectivity index (χ1) is 19.4. The van der Waals surface area contributed by atoms with Gasteiger partial charge in [0, 0.05) is 41.6 Å².